The number of sulfone groups is 1. The van der Waals surface area contributed by atoms with Crippen molar-refractivity contribution in [2.24, 2.45) is 0 Å². The van der Waals surface area contributed by atoms with Gasteiger partial charge in [-0.1, -0.05) is 0 Å². The molecule has 3 heterocycles. The molecule has 1 aromatic carbocycles. The Labute approximate surface area is 200 Å². The molecule has 0 radical (unpaired) electrons. The van der Waals surface area contributed by atoms with Crippen LogP contribution in [0.4, 0.5) is 29.5 Å². The van der Waals surface area contributed by atoms with Gasteiger partial charge in [0.25, 0.3) is 15.7 Å². The van der Waals surface area contributed by atoms with Crippen LogP contribution in [0.1, 0.15) is 37.7 Å². The molecular formula is C23H23F3N4O4S. The molecule has 1 aromatic heterocycles. The minimum atomic E-state index is -5.53. The Morgan fingerprint density at radius 1 is 0.971 bits per heavy atom. The summed E-state index contributed by atoms with van der Waals surface area (Å²) in [5.41, 5.74) is -5.58. The average Bonchev–Trinajstić information content (AvgIpc) is 3.61. The van der Waals surface area contributed by atoms with Crippen molar-refractivity contribution in [3.63, 3.8) is 0 Å². The molecule has 8 nitrogen and oxygen atoms in total. The van der Waals surface area contributed by atoms with Crippen molar-refractivity contribution in [1.29, 1.82) is 0 Å². The van der Waals surface area contributed by atoms with Crippen LogP contribution in [-0.2, 0) is 21.2 Å². The summed E-state index contributed by atoms with van der Waals surface area (Å²) in [6.07, 6.45) is 6.01. The van der Waals surface area contributed by atoms with E-state index in [-0.39, 0.29) is 12.2 Å². The van der Waals surface area contributed by atoms with E-state index >= 15 is 0 Å². The van der Waals surface area contributed by atoms with Gasteiger partial charge in [0.2, 0.25) is 0 Å². The molecule has 3 aliphatic rings. The molecule has 12 heteroatoms. The highest BCUT2D eigenvalue weighted by molar-refractivity contribution is 7.92. The summed E-state index contributed by atoms with van der Waals surface area (Å²) < 4.78 is 61.8. The van der Waals surface area contributed by atoms with E-state index in [9.17, 15) is 31.2 Å². The summed E-state index contributed by atoms with van der Waals surface area (Å²) in [5, 5.41) is 0. The Bertz CT molecular complexity index is 1270. The number of anilines is 2. The van der Waals surface area contributed by atoms with Gasteiger partial charge in [0, 0.05) is 25.8 Å². The van der Waals surface area contributed by atoms with Crippen LogP contribution >= 0.6 is 0 Å². The molecule has 0 bridgehead atoms. The largest absolute Gasteiger partial charge is 0.501 e. The average molecular weight is 509 g/mol. The summed E-state index contributed by atoms with van der Waals surface area (Å²) in [7, 11) is -5.53. The smallest absolute Gasteiger partial charge is 0.357 e. The van der Waals surface area contributed by atoms with Gasteiger partial charge in [0.05, 0.1) is 10.6 Å². The van der Waals surface area contributed by atoms with E-state index in [1.54, 1.807) is 12.3 Å². The summed E-state index contributed by atoms with van der Waals surface area (Å²) >= 11 is 0. The maximum atomic E-state index is 13.3. The van der Waals surface area contributed by atoms with Crippen LogP contribution in [0.25, 0.3) is 0 Å². The molecule has 5 rings (SSSR count). The van der Waals surface area contributed by atoms with E-state index in [0.717, 1.165) is 66.5 Å². The van der Waals surface area contributed by atoms with Gasteiger partial charge in [0.15, 0.2) is 0 Å². The third-order valence-electron chi connectivity index (χ3n) is 6.80. The number of amides is 3. The van der Waals surface area contributed by atoms with Crippen LogP contribution < -0.4 is 9.80 Å². The molecule has 0 N–H and O–H groups in total. The van der Waals surface area contributed by atoms with Gasteiger partial charge in [-0.3, -0.25) is 4.79 Å². The van der Waals surface area contributed by atoms with Crippen LogP contribution in [0, 0.1) is 0 Å². The Hall–Kier alpha value is -3.15. The van der Waals surface area contributed by atoms with E-state index in [1.165, 1.54) is 11.3 Å². The van der Waals surface area contributed by atoms with Crippen molar-refractivity contribution in [3.8, 4) is 0 Å². The quantitative estimate of drug-likeness (QED) is 0.570. The number of carbonyl (C=O) groups is 2. The topological polar surface area (TPSA) is 90.9 Å². The summed E-state index contributed by atoms with van der Waals surface area (Å²) in [6, 6.07) is 6.74. The van der Waals surface area contributed by atoms with Crippen LogP contribution in [0.15, 0.2) is 47.5 Å². The first-order valence-electron chi connectivity index (χ1n) is 11.3. The molecule has 2 aliphatic heterocycles. The van der Waals surface area contributed by atoms with Crippen LogP contribution in [0.3, 0.4) is 0 Å². The number of carbonyl (C=O) groups excluding carboxylic acids is 2. The van der Waals surface area contributed by atoms with Crippen molar-refractivity contribution in [2.45, 2.75) is 54.6 Å². The van der Waals surface area contributed by atoms with Crippen molar-refractivity contribution in [2.75, 3.05) is 22.9 Å². The number of benzene rings is 1. The second-order valence-electron chi connectivity index (χ2n) is 9.05. The number of hydrogen-bond acceptors (Lipinski definition) is 6. The van der Waals surface area contributed by atoms with E-state index in [0.29, 0.717) is 12.8 Å². The van der Waals surface area contributed by atoms with E-state index in [1.807, 2.05) is 6.07 Å². The summed E-state index contributed by atoms with van der Waals surface area (Å²) in [5.74, 6) is 0.363. The number of pyridine rings is 1. The molecule has 1 saturated carbocycles. The lowest BCUT2D eigenvalue weighted by Crippen LogP contribution is -2.36. The molecule has 186 valence electrons. The Morgan fingerprint density at radius 2 is 1.63 bits per heavy atom. The fraction of sp³-hybridized carbons (Fsp3) is 0.435. The number of aromatic nitrogens is 1. The van der Waals surface area contributed by atoms with E-state index in [4.69, 9.17) is 0 Å². The number of halogens is 3. The molecule has 0 unspecified atom stereocenters. The van der Waals surface area contributed by atoms with Gasteiger partial charge >= 0.3 is 11.5 Å². The third-order valence-corrected chi connectivity index (χ3v) is 8.31. The number of urea groups is 1. The van der Waals surface area contributed by atoms with Crippen LogP contribution in [0.2, 0.25) is 0 Å². The SMILES string of the molecule is O=C1N(c2ccc(S(=O)(=O)C(F)(F)F)cc2)C(=O)C2(CC2)N1Cc1ccnc(N2CCCCC2)c1. The summed E-state index contributed by atoms with van der Waals surface area (Å²) in [4.78, 5) is 34.6. The van der Waals surface area contributed by atoms with Gasteiger partial charge in [-0.25, -0.2) is 23.1 Å². The highest BCUT2D eigenvalue weighted by Crippen LogP contribution is 2.50. The lowest BCUT2D eigenvalue weighted by Gasteiger charge is -2.28. The number of rotatable bonds is 5. The maximum absolute atomic E-state index is 13.3. The number of nitrogens with zero attached hydrogens (tertiary/aromatic N) is 4. The fourth-order valence-corrected chi connectivity index (χ4v) is 5.47. The zero-order valence-corrected chi connectivity index (χ0v) is 19.5. The first kappa shape index (κ1) is 23.6. The number of alkyl halides is 3. The Morgan fingerprint density at radius 3 is 2.23 bits per heavy atom. The van der Waals surface area contributed by atoms with Crippen molar-refractivity contribution >= 4 is 33.3 Å². The molecule has 35 heavy (non-hydrogen) atoms. The molecule has 0 atom stereocenters. The molecule has 2 aromatic rings. The lowest BCUT2D eigenvalue weighted by molar-refractivity contribution is -0.120. The second-order valence-corrected chi connectivity index (χ2v) is 11.0. The normalized spacial score (nSPS) is 20.1. The minimum Gasteiger partial charge on any atom is -0.357 e. The van der Waals surface area contributed by atoms with Crippen LogP contribution in [-0.4, -0.2) is 54.4 Å². The highest BCUT2D eigenvalue weighted by Gasteiger charge is 2.65. The lowest BCUT2D eigenvalue weighted by atomic mass is 10.1. The maximum Gasteiger partial charge on any atom is 0.501 e. The fourth-order valence-electron chi connectivity index (χ4n) is 4.71. The Kier molecular flexibility index (Phi) is 5.53. The van der Waals surface area contributed by atoms with Gasteiger partial charge in [-0.15, -0.1) is 0 Å². The monoisotopic (exact) mass is 508 g/mol. The molecule has 3 fully saturated rings. The van der Waals surface area contributed by atoms with Crippen LogP contribution in [0.5, 0.6) is 0 Å². The predicted octanol–water partition coefficient (Wildman–Crippen LogP) is 3.87. The number of imide groups is 1. The van der Waals surface area contributed by atoms with E-state index < -0.39 is 37.7 Å². The van der Waals surface area contributed by atoms with Gasteiger partial charge in [-0.05, 0) is 74.1 Å². The van der Waals surface area contributed by atoms with Gasteiger partial charge < -0.3 is 9.80 Å². The first-order valence-corrected chi connectivity index (χ1v) is 12.8. The van der Waals surface area contributed by atoms with Gasteiger partial charge in [-0.2, -0.15) is 13.2 Å². The van der Waals surface area contributed by atoms with Crippen molar-refractivity contribution < 1.29 is 31.2 Å². The van der Waals surface area contributed by atoms with E-state index in [2.05, 4.69) is 9.88 Å². The molecular weight excluding hydrogens is 485 g/mol. The zero-order valence-electron chi connectivity index (χ0n) is 18.7. The zero-order chi connectivity index (χ0) is 25.0. The second kappa shape index (κ2) is 8.21. The Balaban J connectivity index is 1.39. The number of piperidine rings is 1. The highest BCUT2D eigenvalue weighted by atomic mass is 32.2. The first-order chi connectivity index (χ1) is 16.5. The van der Waals surface area contributed by atoms with Gasteiger partial charge in [0.1, 0.15) is 11.4 Å². The molecule has 2 saturated heterocycles. The minimum absolute atomic E-state index is 0.0265. The summed E-state index contributed by atoms with van der Waals surface area (Å²) in [6.45, 7) is 2.01. The van der Waals surface area contributed by atoms with Crippen molar-refractivity contribution in [3.05, 3.63) is 48.2 Å². The molecule has 1 spiro atoms. The molecule has 3 amide bonds. The number of hydrogen-bond donors (Lipinski definition) is 0. The standard InChI is InChI=1S/C23H23F3N4O4S/c24-23(25,26)35(33,34)18-6-4-17(5-7-18)30-20(31)22(9-10-22)29(21(30)32)15-16-8-11-27-19(14-16)28-12-2-1-3-13-28/h4-8,11,14H,1-3,9-10,12-13,15H2. The predicted molar refractivity (Wildman–Crippen MR) is 120 cm³/mol. The molecule has 1 aliphatic carbocycles. The third kappa shape index (κ3) is 3.93. The van der Waals surface area contributed by atoms with Crippen molar-refractivity contribution in [1.82, 2.24) is 9.88 Å².